The summed E-state index contributed by atoms with van der Waals surface area (Å²) in [6.45, 7) is 3.16. The number of carbonyl (C=O) groups is 2. The minimum absolute atomic E-state index is 0.0972. The number of amides is 3. The molecular weight excluding hydrogens is 330 g/mol. The first-order chi connectivity index (χ1) is 12.6. The highest BCUT2D eigenvalue weighted by atomic mass is 16.5. The summed E-state index contributed by atoms with van der Waals surface area (Å²) in [5.41, 5.74) is 3.55. The highest BCUT2D eigenvalue weighted by molar-refractivity contribution is 5.97. The van der Waals surface area contributed by atoms with Crippen molar-refractivity contribution in [2.24, 2.45) is 0 Å². The molecule has 1 saturated heterocycles. The monoisotopic (exact) mass is 353 g/mol. The summed E-state index contributed by atoms with van der Waals surface area (Å²) < 4.78 is 5.41. The van der Waals surface area contributed by atoms with Gasteiger partial charge in [0.2, 0.25) is 5.91 Å². The van der Waals surface area contributed by atoms with Crippen molar-refractivity contribution in [3.05, 3.63) is 53.6 Å². The summed E-state index contributed by atoms with van der Waals surface area (Å²) in [5, 5.41) is 5.65. The third-order valence-corrected chi connectivity index (χ3v) is 4.50. The molecule has 0 saturated carbocycles. The maximum absolute atomic E-state index is 12.2. The second-order valence-electron chi connectivity index (χ2n) is 6.27. The van der Waals surface area contributed by atoms with E-state index in [0.29, 0.717) is 30.9 Å². The lowest BCUT2D eigenvalue weighted by Crippen LogP contribution is -2.28. The maximum Gasteiger partial charge on any atom is 0.319 e. The molecule has 0 spiro atoms. The second kappa shape index (κ2) is 7.91. The highest BCUT2D eigenvalue weighted by Gasteiger charge is 2.24. The summed E-state index contributed by atoms with van der Waals surface area (Å²) in [6.07, 6.45) is 1.41. The van der Waals surface area contributed by atoms with Crippen molar-refractivity contribution in [2.45, 2.75) is 26.3 Å². The SMILES string of the molecule is COc1cc(NC(=O)NCc2ccccc2C)ccc1N1CCCC1=O. The van der Waals surface area contributed by atoms with Crippen molar-refractivity contribution in [1.82, 2.24) is 5.32 Å². The molecule has 0 aromatic heterocycles. The number of anilines is 2. The number of rotatable bonds is 5. The molecule has 1 heterocycles. The molecule has 0 atom stereocenters. The number of nitrogens with zero attached hydrogens (tertiary/aromatic N) is 1. The molecule has 6 nitrogen and oxygen atoms in total. The van der Waals surface area contributed by atoms with Gasteiger partial charge in [-0.15, -0.1) is 0 Å². The van der Waals surface area contributed by atoms with E-state index in [4.69, 9.17) is 4.74 Å². The van der Waals surface area contributed by atoms with Gasteiger partial charge in [-0.2, -0.15) is 0 Å². The third kappa shape index (κ3) is 3.96. The topological polar surface area (TPSA) is 70.7 Å². The highest BCUT2D eigenvalue weighted by Crippen LogP contribution is 2.33. The Bertz CT molecular complexity index is 820. The number of nitrogens with one attached hydrogen (secondary N) is 2. The van der Waals surface area contributed by atoms with Gasteiger partial charge >= 0.3 is 6.03 Å². The Hall–Kier alpha value is -3.02. The smallest absolute Gasteiger partial charge is 0.319 e. The van der Waals surface area contributed by atoms with E-state index in [1.807, 2.05) is 31.2 Å². The minimum atomic E-state index is -0.291. The van der Waals surface area contributed by atoms with Crippen LogP contribution < -0.4 is 20.3 Å². The van der Waals surface area contributed by atoms with E-state index in [1.165, 1.54) is 0 Å². The summed E-state index contributed by atoms with van der Waals surface area (Å²) >= 11 is 0. The van der Waals surface area contributed by atoms with Gasteiger partial charge < -0.3 is 20.3 Å². The Morgan fingerprint density at radius 3 is 2.73 bits per heavy atom. The number of hydrogen-bond donors (Lipinski definition) is 2. The first-order valence-electron chi connectivity index (χ1n) is 8.66. The molecule has 136 valence electrons. The number of carbonyl (C=O) groups excluding carboxylic acids is 2. The van der Waals surface area contributed by atoms with Crippen molar-refractivity contribution in [1.29, 1.82) is 0 Å². The molecule has 2 N–H and O–H groups in total. The van der Waals surface area contributed by atoms with Gasteiger partial charge in [-0.3, -0.25) is 4.79 Å². The molecule has 0 unspecified atom stereocenters. The van der Waals surface area contributed by atoms with Crippen LogP contribution in [0.1, 0.15) is 24.0 Å². The van der Waals surface area contributed by atoms with E-state index in [9.17, 15) is 9.59 Å². The van der Waals surface area contributed by atoms with Crippen LogP contribution in [0.25, 0.3) is 0 Å². The molecule has 3 amide bonds. The van der Waals surface area contributed by atoms with Gasteiger partial charge in [0, 0.05) is 31.3 Å². The molecule has 3 rings (SSSR count). The van der Waals surface area contributed by atoms with Crippen molar-refractivity contribution < 1.29 is 14.3 Å². The number of ether oxygens (including phenoxy) is 1. The molecule has 1 fully saturated rings. The Labute approximate surface area is 153 Å². The lowest BCUT2D eigenvalue weighted by Gasteiger charge is -2.19. The van der Waals surface area contributed by atoms with E-state index in [0.717, 1.165) is 23.2 Å². The molecule has 1 aliphatic heterocycles. The van der Waals surface area contributed by atoms with Gasteiger partial charge in [-0.25, -0.2) is 4.79 Å². The van der Waals surface area contributed by atoms with Crippen LogP contribution in [0.5, 0.6) is 5.75 Å². The van der Waals surface area contributed by atoms with Crippen LogP contribution in [0.3, 0.4) is 0 Å². The zero-order valence-corrected chi connectivity index (χ0v) is 15.0. The van der Waals surface area contributed by atoms with Gasteiger partial charge in [0.15, 0.2) is 0 Å². The fourth-order valence-corrected chi connectivity index (χ4v) is 3.04. The maximum atomic E-state index is 12.2. The fourth-order valence-electron chi connectivity index (χ4n) is 3.04. The number of hydrogen-bond acceptors (Lipinski definition) is 3. The van der Waals surface area contributed by atoms with Crippen molar-refractivity contribution in [2.75, 3.05) is 23.9 Å². The van der Waals surface area contributed by atoms with Crippen molar-refractivity contribution >= 4 is 23.3 Å². The van der Waals surface area contributed by atoms with E-state index in [2.05, 4.69) is 10.6 Å². The first kappa shape index (κ1) is 17.8. The summed E-state index contributed by atoms with van der Waals surface area (Å²) in [4.78, 5) is 25.8. The molecule has 0 bridgehead atoms. The van der Waals surface area contributed by atoms with E-state index >= 15 is 0 Å². The minimum Gasteiger partial charge on any atom is -0.494 e. The van der Waals surface area contributed by atoms with Gasteiger partial charge in [0.1, 0.15) is 5.75 Å². The van der Waals surface area contributed by atoms with Gasteiger partial charge in [0.25, 0.3) is 0 Å². The quantitative estimate of drug-likeness (QED) is 0.865. The zero-order valence-electron chi connectivity index (χ0n) is 15.0. The Morgan fingerprint density at radius 1 is 1.23 bits per heavy atom. The molecule has 1 aliphatic rings. The van der Waals surface area contributed by atoms with Gasteiger partial charge in [-0.05, 0) is 36.6 Å². The molecule has 6 heteroatoms. The molecule has 0 aliphatic carbocycles. The standard InChI is InChI=1S/C20H23N3O3/c1-14-6-3-4-7-15(14)13-21-20(25)22-16-9-10-17(18(12-16)26-2)23-11-5-8-19(23)24/h3-4,6-7,9-10,12H,5,8,11,13H2,1-2H3,(H2,21,22,25). The number of methoxy groups -OCH3 is 1. The first-order valence-corrected chi connectivity index (χ1v) is 8.66. The summed E-state index contributed by atoms with van der Waals surface area (Å²) in [5.74, 6) is 0.664. The largest absolute Gasteiger partial charge is 0.494 e. The Kier molecular flexibility index (Phi) is 5.41. The van der Waals surface area contributed by atoms with Crippen molar-refractivity contribution in [3.63, 3.8) is 0 Å². The Balaban J connectivity index is 1.65. The van der Waals surface area contributed by atoms with E-state index in [-0.39, 0.29) is 11.9 Å². The predicted molar refractivity (Wildman–Crippen MR) is 102 cm³/mol. The van der Waals surface area contributed by atoms with Crippen LogP contribution >= 0.6 is 0 Å². The number of urea groups is 1. The van der Waals surface area contributed by atoms with Crippen LogP contribution in [0.4, 0.5) is 16.2 Å². The lowest BCUT2D eigenvalue weighted by molar-refractivity contribution is -0.117. The molecule has 26 heavy (non-hydrogen) atoms. The van der Waals surface area contributed by atoms with E-state index < -0.39 is 0 Å². The van der Waals surface area contributed by atoms with Gasteiger partial charge in [-0.1, -0.05) is 24.3 Å². The third-order valence-electron chi connectivity index (χ3n) is 4.50. The Morgan fingerprint density at radius 2 is 2.04 bits per heavy atom. The van der Waals surface area contributed by atoms with Crippen LogP contribution in [0.15, 0.2) is 42.5 Å². The fraction of sp³-hybridized carbons (Fsp3) is 0.300. The van der Waals surface area contributed by atoms with E-state index in [1.54, 1.807) is 30.2 Å². The average Bonchev–Trinajstić information content (AvgIpc) is 3.06. The van der Waals surface area contributed by atoms with Crippen molar-refractivity contribution in [3.8, 4) is 5.75 Å². The molecule has 2 aromatic rings. The summed E-state index contributed by atoms with van der Waals surface area (Å²) in [7, 11) is 1.56. The van der Waals surface area contributed by atoms with Crippen LogP contribution in [-0.4, -0.2) is 25.6 Å². The second-order valence-corrected chi connectivity index (χ2v) is 6.27. The zero-order chi connectivity index (χ0) is 18.5. The number of benzene rings is 2. The summed E-state index contributed by atoms with van der Waals surface area (Å²) in [6, 6.07) is 12.9. The van der Waals surface area contributed by atoms with Crippen LogP contribution in [0, 0.1) is 6.92 Å². The molecular formula is C20H23N3O3. The van der Waals surface area contributed by atoms with Crippen LogP contribution in [0.2, 0.25) is 0 Å². The molecule has 2 aromatic carbocycles. The van der Waals surface area contributed by atoms with Gasteiger partial charge in [0.05, 0.1) is 12.8 Å². The predicted octanol–water partition coefficient (Wildman–Crippen LogP) is 3.45. The average molecular weight is 353 g/mol. The lowest BCUT2D eigenvalue weighted by atomic mass is 10.1. The normalized spacial score (nSPS) is 13.6. The molecule has 0 radical (unpaired) electrons. The number of aryl methyl sites for hydroxylation is 1. The van der Waals surface area contributed by atoms with Crippen LogP contribution in [-0.2, 0) is 11.3 Å².